The summed E-state index contributed by atoms with van der Waals surface area (Å²) in [5, 5.41) is 13.4. The van der Waals surface area contributed by atoms with Crippen LogP contribution in [0, 0.1) is 10.1 Å². The van der Waals surface area contributed by atoms with E-state index in [2.05, 4.69) is 11.9 Å². The van der Waals surface area contributed by atoms with Crippen molar-refractivity contribution < 1.29 is 14.5 Å². The van der Waals surface area contributed by atoms with Gasteiger partial charge in [-0.1, -0.05) is 29.8 Å². The lowest BCUT2D eigenvalue weighted by atomic mass is 10.1. The molecule has 0 aliphatic rings. The minimum absolute atomic E-state index is 0.0413. The fourth-order valence-corrected chi connectivity index (χ4v) is 1.72. The first-order chi connectivity index (χ1) is 9.43. The molecule has 1 rings (SSSR count). The Labute approximate surface area is 121 Å². The fraction of sp³-hybridized carbons (Fsp3) is 0.308. The lowest BCUT2D eigenvalue weighted by molar-refractivity contribution is -0.385. The molecule has 7 heteroatoms. The van der Waals surface area contributed by atoms with Crippen LogP contribution < -0.4 is 5.32 Å². The highest BCUT2D eigenvalue weighted by atomic mass is 35.5. The number of carbonyl (C=O) groups is 1. The molecule has 0 unspecified atom stereocenters. The lowest BCUT2D eigenvalue weighted by Crippen LogP contribution is -2.28. The average Bonchev–Trinajstić information content (AvgIpc) is 2.37. The van der Waals surface area contributed by atoms with Crippen LogP contribution in [0.3, 0.4) is 0 Å². The molecule has 0 saturated carbocycles. The highest BCUT2D eigenvalue weighted by molar-refractivity contribution is 6.34. The van der Waals surface area contributed by atoms with E-state index in [-0.39, 0.29) is 29.4 Å². The van der Waals surface area contributed by atoms with Crippen molar-refractivity contribution >= 4 is 23.2 Å². The molecule has 0 aliphatic carbocycles. The molecule has 0 heterocycles. The Kier molecular flexibility index (Phi) is 6.14. The molecule has 1 N–H and O–H groups in total. The first kappa shape index (κ1) is 16.1. The van der Waals surface area contributed by atoms with Gasteiger partial charge in [-0.05, 0) is 13.0 Å². The topological polar surface area (TPSA) is 81.5 Å². The zero-order valence-electron chi connectivity index (χ0n) is 11.0. The molecule has 0 atom stereocenters. The Morgan fingerprint density at radius 2 is 2.25 bits per heavy atom. The zero-order valence-corrected chi connectivity index (χ0v) is 11.8. The summed E-state index contributed by atoms with van der Waals surface area (Å²) in [6.45, 7) is 6.42. The molecular weight excluding hydrogens is 284 g/mol. The molecule has 0 aliphatic heterocycles. The van der Waals surface area contributed by atoms with E-state index in [0.29, 0.717) is 6.61 Å². The number of carbonyl (C=O) groups excluding carboxylic acids is 1. The number of halogens is 1. The minimum atomic E-state index is -0.641. The van der Waals surface area contributed by atoms with Crippen LogP contribution >= 0.6 is 11.6 Å². The highest BCUT2D eigenvalue weighted by Gasteiger charge is 2.22. The van der Waals surface area contributed by atoms with Crippen molar-refractivity contribution in [2.75, 3.05) is 19.8 Å². The van der Waals surface area contributed by atoms with E-state index in [4.69, 9.17) is 16.3 Å². The molecule has 0 saturated heterocycles. The van der Waals surface area contributed by atoms with Crippen molar-refractivity contribution in [2.24, 2.45) is 0 Å². The number of nitrogens with one attached hydrogen (secondary N) is 1. The van der Waals surface area contributed by atoms with Gasteiger partial charge in [-0.2, -0.15) is 0 Å². The number of nitro groups is 1. The first-order valence-electron chi connectivity index (χ1n) is 5.86. The van der Waals surface area contributed by atoms with Gasteiger partial charge in [0.1, 0.15) is 5.56 Å². The maximum Gasteiger partial charge on any atom is 0.283 e. The van der Waals surface area contributed by atoms with E-state index in [1.54, 1.807) is 0 Å². The van der Waals surface area contributed by atoms with Crippen LogP contribution in [0.2, 0.25) is 5.02 Å². The zero-order chi connectivity index (χ0) is 15.1. The third-order valence-electron chi connectivity index (χ3n) is 2.30. The standard InChI is InChI=1S/C13H15ClN2O4/c1-9(2)8-20-7-6-15-13(17)12-10(14)4-3-5-11(12)16(18)19/h3-5H,1,6-8H2,2H3,(H,15,17). The second-order valence-corrected chi connectivity index (χ2v) is 4.56. The first-order valence-corrected chi connectivity index (χ1v) is 6.24. The monoisotopic (exact) mass is 298 g/mol. The van der Waals surface area contributed by atoms with Crippen LogP contribution in [0.25, 0.3) is 0 Å². The van der Waals surface area contributed by atoms with Gasteiger partial charge in [0, 0.05) is 12.6 Å². The number of hydrogen-bond donors (Lipinski definition) is 1. The minimum Gasteiger partial charge on any atom is -0.375 e. The quantitative estimate of drug-likeness (QED) is 0.363. The second kappa shape index (κ2) is 7.62. The van der Waals surface area contributed by atoms with Gasteiger partial charge in [0.05, 0.1) is 23.2 Å². The third kappa shape index (κ3) is 4.64. The molecule has 0 radical (unpaired) electrons. The summed E-state index contributed by atoms with van der Waals surface area (Å²) >= 11 is 5.84. The molecule has 20 heavy (non-hydrogen) atoms. The number of amides is 1. The number of hydrogen-bond acceptors (Lipinski definition) is 4. The number of nitro benzene ring substituents is 1. The van der Waals surface area contributed by atoms with Crippen LogP contribution in [0.5, 0.6) is 0 Å². The normalized spacial score (nSPS) is 10.1. The Morgan fingerprint density at radius 3 is 2.85 bits per heavy atom. The van der Waals surface area contributed by atoms with Crippen LogP contribution in [0.15, 0.2) is 30.4 Å². The van der Waals surface area contributed by atoms with E-state index in [1.807, 2.05) is 6.92 Å². The lowest BCUT2D eigenvalue weighted by Gasteiger charge is -2.08. The van der Waals surface area contributed by atoms with E-state index in [9.17, 15) is 14.9 Å². The number of nitrogens with zero attached hydrogens (tertiary/aromatic N) is 1. The molecule has 0 aromatic heterocycles. The Morgan fingerprint density at radius 1 is 1.55 bits per heavy atom. The number of ether oxygens (including phenoxy) is 1. The summed E-state index contributed by atoms with van der Waals surface area (Å²) < 4.78 is 5.21. The molecule has 0 bridgehead atoms. The molecule has 1 aromatic carbocycles. The summed E-state index contributed by atoms with van der Waals surface area (Å²) in [6.07, 6.45) is 0. The SMILES string of the molecule is C=C(C)COCCNC(=O)c1c(Cl)cccc1[N+](=O)[O-]. The number of benzene rings is 1. The van der Waals surface area contributed by atoms with Gasteiger partial charge < -0.3 is 10.1 Å². The smallest absolute Gasteiger partial charge is 0.283 e. The van der Waals surface area contributed by atoms with Crippen LogP contribution in [-0.4, -0.2) is 30.6 Å². The van der Waals surface area contributed by atoms with E-state index in [0.717, 1.165) is 5.57 Å². The van der Waals surface area contributed by atoms with Crippen LogP contribution in [-0.2, 0) is 4.74 Å². The van der Waals surface area contributed by atoms with Gasteiger partial charge in [0.25, 0.3) is 11.6 Å². The molecule has 6 nitrogen and oxygen atoms in total. The molecule has 1 amide bonds. The van der Waals surface area contributed by atoms with Gasteiger partial charge in [-0.3, -0.25) is 14.9 Å². The van der Waals surface area contributed by atoms with Crippen molar-refractivity contribution in [1.29, 1.82) is 0 Å². The van der Waals surface area contributed by atoms with E-state index < -0.39 is 10.8 Å². The van der Waals surface area contributed by atoms with Gasteiger partial charge >= 0.3 is 0 Å². The van der Waals surface area contributed by atoms with Crippen molar-refractivity contribution in [3.8, 4) is 0 Å². The molecule has 108 valence electrons. The van der Waals surface area contributed by atoms with E-state index >= 15 is 0 Å². The van der Waals surface area contributed by atoms with Gasteiger partial charge in [-0.25, -0.2) is 0 Å². The highest BCUT2D eigenvalue weighted by Crippen LogP contribution is 2.25. The van der Waals surface area contributed by atoms with Crippen molar-refractivity contribution in [3.05, 3.63) is 51.1 Å². The molecule has 0 fully saturated rings. The van der Waals surface area contributed by atoms with Gasteiger partial charge in [-0.15, -0.1) is 0 Å². The molecular formula is C13H15ClN2O4. The predicted molar refractivity (Wildman–Crippen MR) is 76.1 cm³/mol. The van der Waals surface area contributed by atoms with Gasteiger partial charge in [0.2, 0.25) is 0 Å². The average molecular weight is 299 g/mol. The van der Waals surface area contributed by atoms with Crippen LogP contribution in [0.1, 0.15) is 17.3 Å². The predicted octanol–water partition coefficient (Wildman–Crippen LogP) is 2.57. The third-order valence-corrected chi connectivity index (χ3v) is 2.61. The number of rotatable bonds is 7. The second-order valence-electron chi connectivity index (χ2n) is 4.16. The molecule has 1 aromatic rings. The maximum atomic E-state index is 11.9. The maximum absolute atomic E-state index is 11.9. The summed E-state index contributed by atoms with van der Waals surface area (Å²) in [5.41, 5.74) is 0.412. The van der Waals surface area contributed by atoms with Crippen molar-refractivity contribution in [2.45, 2.75) is 6.92 Å². The Hall–Kier alpha value is -1.92. The summed E-state index contributed by atoms with van der Waals surface area (Å²) in [6, 6.07) is 4.09. The largest absolute Gasteiger partial charge is 0.375 e. The van der Waals surface area contributed by atoms with Crippen molar-refractivity contribution in [1.82, 2.24) is 5.32 Å². The van der Waals surface area contributed by atoms with E-state index in [1.165, 1.54) is 18.2 Å². The fourth-order valence-electron chi connectivity index (χ4n) is 1.46. The Bertz CT molecular complexity index is 531. The molecule has 0 spiro atoms. The summed E-state index contributed by atoms with van der Waals surface area (Å²) in [4.78, 5) is 22.1. The Balaban J connectivity index is 2.64. The van der Waals surface area contributed by atoms with Gasteiger partial charge in [0.15, 0.2) is 0 Å². The summed E-state index contributed by atoms with van der Waals surface area (Å²) in [5.74, 6) is -0.596. The summed E-state index contributed by atoms with van der Waals surface area (Å²) in [7, 11) is 0. The van der Waals surface area contributed by atoms with Crippen LogP contribution in [0.4, 0.5) is 5.69 Å². The van der Waals surface area contributed by atoms with Crippen molar-refractivity contribution in [3.63, 3.8) is 0 Å².